The molecule has 2 rings (SSSR count). The fourth-order valence-corrected chi connectivity index (χ4v) is 2.04. The van der Waals surface area contributed by atoms with Gasteiger partial charge in [-0.2, -0.15) is 13.2 Å². The normalized spacial score (nSPS) is 18.4. The summed E-state index contributed by atoms with van der Waals surface area (Å²) in [5.74, 6) is -0.623. The molecule has 0 aliphatic carbocycles. The second-order valence-electron chi connectivity index (χ2n) is 4.84. The number of hydrogen-bond acceptors (Lipinski definition) is 3. The number of ether oxygens (including phenoxy) is 1. The quantitative estimate of drug-likeness (QED) is 0.812. The average molecular weight is 307 g/mol. The molecule has 1 heterocycles. The van der Waals surface area contributed by atoms with Gasteiger partial charge in [0, 0.05) is 32.0 Å². The second-order valence-corrected chi connectivity index (χ2v) is 4.84. The van der Waals surface area contributed by atoms with E-state index >= 15 is 0 Å². The first-order chi connectivity index (χ1) is 9.71. The standard InChI is InChI=1S/C13H13F4NO3/c14-9-2-1-3-10(8-9)21-11(19)18-6-4-12(20,5-7-18)13(15,16)17/h1-3,8,20H,4-7H2. The third kappa shape index (κ3) is 3.44. The van der Waals surface area contributed by atoms with Crippen LogP contribution >= 0.6 is 0 Å². The number of benzene rings is 1. The lowest BCUT2D eigenvalue weighted by atomic mass is 9.91. The van der Waals surface area contributed by atoms with Gasteiger partial charge in [0.1, 0.15) is 11.6 Å². The Balaban J connectivity index is 1.95. The first kappa shape index (κ1) is 15.6. The molecule has 0 unspecified atom stereocenters. The van der Waals surface area contributed by atoms with Crippen molar-refractivity contribution in [2.75, 3.05) is 13.1 Å². The maximum atomic E-state index is 12.9. The molecule has 21 heavy (non-hydrogen) atoms. The van der Waals surface area contributed by atoms with Crippen LogP contribution in [0.4, 0.5) is 22.4 Å². The van der Waals surface area contributed by atoms with Gasteiger partial charge in [0.05, 0.1) is 0 Å². The lowest BCUT2D eigenvalue weighted by Crippen LogP contribution is -2.54. The van der Waals surface area contributed by atoms with E-state index in [1.165, 1.54) is 18.2 Å². The fraction of sp³-hybridized carbons (Fsp3) is 0.462. The molecule has 1 amide bonds. The Morgan fingerprint density at radius 1 is 1.29 bits per heavy atom. The number of rotatable bonds is 1. The molecule has 1 fully saturated rings. The fourth-order valence-electron chi connectivity index (χ4n) is 2.04. The van der Waals surface area contributed by atoms with Crippen LogP contribution in [0, 0.1) is 5.82 Å². The number of carbonyl (C=O) groups is 1. The summed E-state index contributed by atoms with van der Waals surface area (Å²) < 4.78 is 55.7. The van der Waals surface area contributed by atoms with Crippen molar-refractivity contribution >= 4 is 6.09 Å². The molecule has 0 atom stereocenters. The minimum absolute atomic E-state index is 0.0309. The van der Waals surface area contributed by atoms with Crippen LogP contribution in [0.5, 0.6) is 5.75 Å². The van der Waals surface area contributed by atoms with Crippen molar-refractivity contribution in [3.8, 4) is 5.75 Å². The molecule has 0 spiro atoms. The molecule has 1 saturated heterocycles. The zero-order chi connectivity index (χ0) is 15.7. The molecule has 0 saturated carbocycles. The van der Waals surface area contributed by atoms with Crippen LogP contribution in [0.1, 0.15) is 12.8 Å². The van der Waals surface area contributed by atoms with Crippen molar-refractivity contribution < 1.29 is 32.2 Å². The minimum atomic E-state index is -4.73. The first-order valence-electron chi connectivity index (χ1n) is 6.23. The lowest BCUT2D eigenvalue weighted by Gasteiger charge is -2.38. The van der Waals surface area contributed by atoms with E-state index in [2.05, 4.69) is 0 Å². The van der Waals surface area contributed by atoms with Gasteiger partial charge in [0.25, 0.3) is 0 Å². The zero-order valence-corrected chi connectivity index (χ0v) is 10.9. The van der Waals surface area contributed by atoms with E-state index in [1.807, 2.05) is 0 Å². The topological polar surface area (TPSA) is 49.8 Å². The molecule has 0 aromatic heterocycles. The minimum Gasteiger partial charge on any atom is -0.410 e. The average Bonchev–Trinajstić information content (AvgIpc) is 2.38. The lowest BCUT2D eigenvalue weighted by molar-refractivity contribution is -0.271. The van der Waals surface area contributed by atoms with E-state index in [9.17, 15) is 27.5 Å². The summed E-state index contributed by atoms with van der Waals surface area (Å²) in [5, 5.41) is 9.48. The highest BCUT2D eigenvalue weighted by Crippen LogP contribution is 2.38. The summed E-state index contributed by atoms with van der Waals surface area (Å²) in [5.41, 5.74) is -2.78. The second kappa shape index (κ2) is 5.51. The van der Waals surface area contributed by atoms with Crippen molar-refractivity contribution in [1.82, 2.24) is 4.90 Å². The van der Waals surface area contributed by atoms with E-state index in [4.69, 9.17) is 4.74 Å². The smallest absolute Gasteiger partial charge is 0.410 e. The summed E-state index contributed by atoms with van der Waals surface area (Å²) in [6.45, 7) is -0.575. The summed E-state index contributed by atoms with van der Waals surface area (Å²) in [6, 6.07) is 4.86. The predicted octanol–water partition coefficient (Wildman–Crippen LogP) is 2.71. The maximum absolute atomic E-state index is 12.9. The van der Waals surface area contributed by atoms with Gasteiger partial charge in [0.15, 0.2) is 5.60 Å². The Labute approximate surface area is 117 Å². The summed E-state index contributed by atoms with van der Waals surface area (Å²) in [6.07, 6.45) is -6.83. The summed E-state index contributed by atoms with van der Waals surface area (Å²) in [7, 11) is 0. The van der Waals surface area contributed by atoms with Gasteiger partial charge in [-0.05, 0) is 12.1 Å². The van der Waals surface area contributed by atoms with Crippen LogP contribution in [0.3, 0.4) is 0 Å². The largest absolute Gasteiger partial charge is 0.417 e. The summed E-state index contributed by atoms with van der Waals surface area (Å²) >= 11 is 0. The molecule has 1 aliphatic rings. The van der Waals surface area contributed by atoms with Crippen molar-refractivity contribution in [3.05, 3.63) is 30.1 Å². The number of hydrogen-bond donors (Lipinski definition) is 1. The number of halogens is 4. The Kier molecular flexibility index (Phi) is 4.08. The number of amides is 1. The van der Waals surface area contributed by atoms with Gasteiger partial charge in [-0.3, -0.25) is 0 Å². The van der Waals surface area contributed by atoms with Crippen LogP contribution < -0.4 is 4.74 Å². The Bertz CT molecular complexity index is 524. The molecule has 1 aliphatic heterocycles. The first-order valence-corrected chi connectivity index (χ1v) is 6.23. The number of aliphatic hydroxyl groups is 1. The van der Waals surface area contributed by atoms with Crippen molar-refractivity contribution in [1.29, 1.82) is 0 Å². The number of nitrogens with zero attached hydrogens (tertiary/aromatic N) is 1. The van der Waals surface area contributed by atoms with Crippen LogP contribution in [0.2, 0.25) is 0 Å². The number of alkyl halides is 3. The maximum Gasteiger partial charge on any atom is 0.417 e. The zero-order valence-electron chi connectivity index (χ0n) is 10.9. The van der Waals surface area contributed by atoms with Crippen molar-refractivity contribution in [2.24, 2.45) is 0 Å². The van der Waals surface area contributed by atoms with Crippen LogP contribution in [0.25, 0.3) is 0 Å². The van der Waals surface area contributed by atoms with Crippen molar-refractivity contribution in [2.45, 2.75) is 24.6 Å². The molecule has 0 radical (unpaired) electrons. The monoisotopic (exact) mass is 307 g/mol. The van der Waals surface area contributed by atoms with Crippen LogP contribution in [-0.4, -0.2) is 41.0 Å². The van der Waals surface area contributed by atoms with E-state index in [0.717, 1.165) is 11.0 Å². The number of piperidine rings is 1. The van der Waals surface area contributed by atoms with E-state index < -0.39 is 36.5 Å². The Morgan fingerprint density at radius 2 is 1.90 bits per heavy atom. The van der Waals surface area contributed by atoms with Gasteiger partial charge in [0.2, 0.25) is 0 Å². The van der Waals surface area contributed by atoms with Crippen LogP contribution in [-0.2, 0) is 0 Å². The molecule has 0 bridgehead atoms. The van der Waals surface area contributed by atoms with E-state index in [-0.39, 0.29) is 18.8 Å². The van der Waals surface area contributed by atoms with Gasteiger partial charge < -0.3 is 14.7 Å². The molecule has 8 heteroatoms. The van der Waals surface area contributed by atoms with E-state index in [1.54, 1.807) is 0 Å². The predicted molar refractivity (Wildman–Crippen MR) is 64.2 cm³/mol. The van der Waals surface area contributed by atoms with Gasteiger partial charge >= 0.3 is 12.3 Å². The van der Waals surface area contributed by atoms with Gasteiger partial charge in [-0.1, -0.05) is 6.07 Å². The van der Waals surface area contributed by atoms with Crippen molar-refractivity contribution in [3.63, 3.8) is 0 Å². The highest BCUT2D eigenvalue weighted by atomic mass is 19.4. The number of likely N-dealkylation sites (tertiary alicyclic amines) is 1. The Morgan fingerprint density at radius 3 is 2.43 bits per heavy atom. The molecule has 1 aromatic rings. The highest BCUT2D eigenvalue weighted by molar-refractivity contribution is 5.70. The third-order valence-corrected chi connectivity index (χ3v) is 3.38. The SMILES string of the molecule is O=C(Oc1cccc(F)c1)N1CCC(O)(C(F)(F)F)CC1. The Hall–Kier alpha value is -1.83. The van der Waals surface area contributed by atoms with Gasteiger partial charge in [-0.25, -0.2) is 9.18 Å². The highest BCUT2D eigenvalue weighted by Gasteiger charge is 2.55. The molecule has 4 nitrogen and oxygen atoms in total. The summed E-state index contributed by atoms with van der Waals surface area (Å²) in [4.78, 5) is 12.8. The van der Waals surface area contributed by atoms with E-state index in [0.29, 0.717) is 0 Å². The molecule has 1 aromatic carbocycles. The molecule has 116 valence electrons. The third-order valence-electron chi connectivity index (χ3n) is 3.38. The molecular weight excluding hydrogens is 294 g/mol. The molecular formula is C13H13F4NO3. The van der Waals surface area contributed by atoms with Gasteiger partial charge in [-0.15, -0.1) is 0 Å². The molecule has 1 N–H and O–H groups in total. The van der Waals surface area contributed by atoms with Crippen LogP contribution in [0.15, 0.2) is 24.3 Å². The number of carbonyl (C=O) groups excluding carboxylic acids is 1.